The number of nitrogens with zero attached hydrogens (tertiary/aromatic N) is 4. The molecular weight excluding hydrogens is 344 g/mol. The van der Waals surface area contributed by atoms with Gasteiger partial charge in [-0.2, -0.15) is 5.10 Å². The summed E-state index contributed by atoms with van der Waals surface area (Å²) < 4.78 is 0. The van der Waals surface area contributed by atoms with Crippen molar-refractivity contribution in [3.8, 4) is 0 Å². The maximum atomic E-state index is 12.5. The summed E-state index contributed by atoms with van der Waals surface area (Å²) in [5.74, 6) is -0.306. The van der Waals surface area contributed by atoms with Crippen molar-refractivity contribution in [3.63, 3.8) is 0 Å². The Morgan fingerprint density at radius 2 is 2.11 bits per heavy atom. The number of carbonyl (C=O) groups excluding carboxylic acids is 2. The third-order valence-corrected chi connectivity index (χ3v) is 4.51. The summed E-state index contributed by atoms with van der Waals surface area (Å²) in [7, 11) is 0. The van der Waals surface area contributed by atoms with Crippen molar-refractivity contribution in [3.05, 3.63) is 53.6 Å². The molecule has 0 bridgehead atoms. The van der Waals surface area contributed by atoms with Gasteiger partial charge in [0, 0.05) is 37.6 Å². The Morgan fingerprint density at radius 3 is 2.81 bits per heavy atom. The lowest BCUT2D eigenvalue weighted by atomic mass is 10.1. The van der Waals surface area contributed by atoms with Gasteiger partial charge < -0.3 is 10.6 Å². The van der Waals surface area contributed by atoms with Crippen LogP contribution in [0.15, 0.2) is 36.5 Å². The predicted molar refractivity (Wildman–Crippen MR) is 99.8 cm³/mol. The molecule has 1 aliphatic heterocycles. The summed E-state index contributed by atoms with van der Waals surface area (Å²) in [6.45, 7) is 5.54. The Morgan fingerprint density at radius 1 is 1.26 bits per heavy atom. The second kappa shape index (κ2) is 8.68. The second-order valence-electron chi connectivity index (χ2n) is 6.63. The van der Waals surface area contributed by atoms with Gasteiger partial charge in [-0.05, 0) is 44.5 Å². The van der Waals surface area contributed by atoms with Gasteiger partial charge in [0.15, 0.2) is 5.69 Å². The van der Waals surface area contributed by atoms with Crippen LogP contribution in [0.2, 0.25) is 0 Å². The quantitative estimate of drug-likeness (QED) is 0.778. The van der Waals surface area contributed by atoms with Crippen LogP contribution in [0.5, 0.6) is 0 Å². The molecule has 8 nitrogen and oxygen atoms in total. The Balaban J connectivity index is 1.70. The van der Waals surface area contributed by atoms with Gasteiger partial charge in [-0.1, -0.05) is 6.07 Å². The molecule has 0 unspecified atom stereocenters. The highest BCUT2D eigenvalue weighted by Crippen LogP contribution is 2.21. The van der Waals surface area contributed by atoms with Gasteiger partial charge in [0.1, 0.15) is 0 Å². The van der Waals surface area contributed by atoms with Crippen LogP contribution in [0.3, 0.4) is 0 Å². The summed E-state index contributed by atoms with van der Waals surface area (Å²) in [6.07, 6.45) is 2.07. The third-order valence-electron chi connectivity index (χ3n) is 4.51. The smallest absolute Gasteiger partial charge is 0.272 e. The minimum absolute atomic E-state index is 0.0265. The number of amides is 2. The third kappa shape index (κ3) is 4.85. The maximum absolute atomic E-state index is 12.5. The van der Waals surface area contributed by atoms with E-state index in [1.54, 1.807) is 12.1 Å². The number of aryl methyl sites for hydroxylation is 1. The van der Waals surface area contributed by atoms with Gasteiger partial charge >= 0.3 is 0 Å². The highest BCUT2D eigenvalue weighted by molar-refractivity contribution is 5.92. The molecule has 0 spiro atoms. The van der Waals surface area contributed by atoms with E-state index in [1.807, 2.05) is 32.0 Å². The van der Waals surface area contributed by atoms with Gasteiger partial charge in [-0.3, -0.25) is 19.5 Å². The van der Waals surface area contributed by atoms with E-state index < -0.39 is 0 Å². The van der Waals surface area contributed by atoms with E-state index in [0.717, 1.165) is 11.4 Å². The van der Waals surface area contributed by atoms with E-state index in [-0.39, 0.29) is 29.6 Å². The minimum atomic E-state index is -0.306. The van der Waals surface area contributed by atoms with Crippen molar-refractivity contribution in [2.24, 2.45) is 0 Å². The number of nitrogens with one attached hydrogen (secondary N) is 2. The van der Waals surface area contributed by atoms with E-state index in [2.05, 4.69) is 30.7 Å². The van der Waals surface area contributed by atoms with Gasteiger partial charge in [0.25, 0.3) is 5.91 Å². The number of aromatic nitrogens is 3. The number of likely N-dealkylation sites (tertiary alicyclic amines) is 1. The maximum Gasteiger partial charge on any atom is 0.272 e. The van der Waals surface area contributed by atoms with E-state index >= 15 is 0 Å². The molecule has 27 heavy (non-hydrogen) atoms. The highest BCUT2D eigenvalue weighted by Gasteiger charge is 2.37. The summed E-state index contributed by atoms with van der Waals surface area (Å²) in [4.78, 5) is 31.5. The van der Waals surface area contributed by atoms with Crippen molar-refractivity contribution in [2.45, 2.75) is 38.9 Å². The predicted octanol–water partition coefficient (Wildman–Crippen LogP) is 0.689. The normalized spacial score (nSPS) is 19.6. The number of hydrogen-bond donors (Lipinski definition) is 2. The Bertz CT molecular complexity index is 798. The SMILES string of the molecule is CCNC(=O)[C@@H]1C[C@@H](NC(=O)c2cccnn2)CN1Cc1cccc(C)n1. The van der Waals surface area contributed by atoms with Crippen molar-refractivity contribution >= 4 is 11.8 Å². The van der Waals surface area contributed by atoms with Gasteiger partial charge in [-0.15, -0.1) is 5.10 Å². The zero-order valence-electron chi connectivity index (χ0n) is 15.6. The molecular formula is C19H24N6O2. The van der Waals surface area contributed by atoms with E-state index in [9.17, 15) is 9.59 Å². The minimum Gasteiger partial charge on any atom is -0.355 e. The molecule has 0 radical (unpaired) electrons. The largest absolute Gasteiger partial charge is 0.355 e. The van der Waals surface area contributed by atoms with Gasteiger partial charge in [0.2, 0.25) is 5.91 Å². The second-order valence-corrected chi connectivity index (χ2v) is 6.63. The molecule has 142 valence electrons. The standard InChI is InChI=1S/C19H24N6O2/c1-3-20-19(27)17-10-15(23-18(26)16-8-5-9-21-24-16)12-25(17)11-14-7-4-6-13(2)22-14/h4-9,15,17H,3,10-12H2,1-2H3,(H,20,27)(H,23,26)/t15-,17+/m1/s1. The first kappa shape index (κ1) is 18.9. The number of hydrogen-bond acceptors (Lipinski definition) is 6. The summed E-state index contributed by atoms with van der Waals surface area (Å²) >= 11 is 0. The molecule has 0 aromatic carbocycles. The highest BCUT2D eigenvalue weighted by atomic mass is 16.2. The van der Waals surface area contributed by atoms with E-state index in [0.29, 0.717) is 26.1 Å². The molecule has 8 heteroatoms. The first-order valence-corrected chi connectivity index (χ1v) is 9.09. The molecule has 1 fully saturated rings. The molecule has 2 N–H and O–H groups in total. The lowest BCUT2D eigenvalue weighted by Crippen LogP contribution is -2.42. The average Bonchev–Trinajstić information content (AvgIpc) is 3.05. The monoisotopic (exact) mass is 368 g/mol. The number of rotatable bonds is 6. The van der Waals surface area contributed by atoms with Crippen LogP contribution in [-0.2, 0) is 11.3 Å². The molecule has 1 aliphatic rings. The molecule has 3 heterocycles. The molecule has 2 aromatic heterocycles. The molecule has 1 saturated heterocycles. The zero-order chi connectivity index (χ0) is 19.2. The molecule has 2 amide bonds. The number of carbonyl (C=O) groups is 2. The number of likely N-dealkylation sites (N-methyl/N-ethyl adjacent to an activating group) is 1. The van der Waals surface area contributed by atoms with Crippen molar-refractivity contribution in [1.29, 1.82) is 0 Å². The van der Waals surface area contributed by atoms with Crippen LogP contribution in [0.4, 0.5) is 0 Å². The fourth-order valence-corrected chi connectivity index (χ4v) is 3.33. The molecule has 0 aliphatic carbocycles. The molecule has 2 aromatic rings. The van der Waals surface area contributed by atoms with Crippen LogP contribution in [-0.4, -0.2) is 57.1 Å². The van der Waals surface area contributed by atoms with Crippen molar-refractivity contribution < 1.29 is 9.59 Å². The Labute approximate surface area is 158 Å². The molecule has 0 saturated carbocycles. The first-order valence-electron chi connectivity index (χ1n) is 9.09. The molecule has 2 atom stereocenters. The first-order chi connectivity index (χ1) is 13.1. The van der Waals surface area contributed by atoms with Crippen molar-refractivity contribution in [1.82, 2.24) is 30.7 Å². The summed E-state index contributed by atoms with van der Waals surface area (Å²) in [5, 5.41) is 13.4. The zero-order valence-corrected chi connectivity index (χ0v) is 15.6. The number of pyridine rings is 1. The Hall–Kier alpha value is -2.87. The van der Waals surface area contributed by atoms with E-state index in [4.69, 9.17) is 0 Å². The summed E-state index contributed by atoms with van der Waals surface area (Å²) in [6, 6.07) is 8.70. The fraction of sp³-hybridized carbons (Fsp3) is 0.421. The van der Waals surface area contributed by atoms with Gasteiger partial charge in [-0.25, -0.2) is 0 Å². The lowest BCUT2D eigenvalue weighted by molar-refractivity contribution is -0.125. The van der Waals surface area contributed by atoms with Crippen LogP contribution >= 0.6 is 0 Å². The summed E-state index contributed by atoms with van der Waals surface area (Å²) in [5.41, 5.74) is 2.12. The van der Waals surface area contributed by atoms with Crippen molar-refractivity contribution in [2.75, 3.05) is 13.1 Å². The average molecular weight is 368 g/mol. The molecule has 3 rings (SSSR count). The van der Waals surface area contributed by atoms with Crippen LogP contribution in [0.25, 0.3) is 0 Å². The van der Waals surface area contributed by atoms with Crippen LogP contribution in [0, 0.1) is 6.92 Å². The van der Waals surface area contributed by atoms with E-state index in [1.165, 1.54) is 6.20 Å². The topological polar surface area (TPSA) is 100 Å². The van der Waals surface area contributed by atoms with Crippen LogP contribution < -0.4 is 10.6 Å². The van der Waals surface area contributed by atoms with Gasteiger partial charge in [0.05, 0.1) is 11.7 Å². The lowest BCUT2D eigenvalue weighted by Gasteiger charge is -2.23. The van der Waals surface area contributed by atoms with Crippen LogP contribution in [0.1, 0.15) is 35.2 Å². The fourth-order valence-electron chi connectivity index (χ4n) is 3.33. The Kier molecular flexibility index (Phi) is 6.08.